The Morgan fingerprint density at radius 1 is 1.00 bits per heavy atom. The highest BCUT2D eigenvalue weighted by Gasteiger charge is 2.30. The average Bonchev–Trinajstić information content (AvgIpc) is 2.73. The number of nitrogens with two attached hydrogens (primary N) is 1. The van der Waals surface area contributed by atoms with Crippen LogP contribution in [0.4, 0.5) is 19.0 Å². The number of aryl methyl sites for hydroxylation is 1. The molecule has 2 heterocycles. The molecular weight excluding hydrogens is 407 g/mol. The van der Waals surface area contributed by atoms with Crippen LogP contribution >= 0.6 is 0 Å². The van der Waals surface area contributed by atoms with Gasteiger partial charge in [-0.1, -0.05) is 38.1 Å². The van der Waals surface area contributed by atoms with Gasteiger partial charge in [-0.05, 0) is 48.6 Å². The number of carboxylic acid groups (broad SMARTS) is 1. The summed E-state index contributed by atoms with van der Waals surface area (Å²) in [4.78, 5) is 17.7. The van der Waals surface area contributed by atoms with Crippen molar-refractivity contribution in [1.29, 1.82) is 0 Å². The van der Waals surface area contributed by atoms with Crippen LogP contribution in [0.25, 0.3) is 11.3 Å². The predicted octanol–water partition coefficient (Wildman–Crippen LogP) is 5.72. The number of anilines is 1. The van der Waals surface area contributed by atoms with Crippen molar-refractivity contribution in [2.24, 2.45) is 5.92 Å². The molecule has 0 amide bonds. The van der Waals surface area contributed by atoms with Crippen LogP contribution in [0.15, 0.2) is 60.9 Å². The highest BCUT2D eigenvalue weighted by molar-refractivity contribution is 5.87. The number of carbonyl (C=O) groups is 1. The summed E-state index contributed by atoms with van der Waals surface area (Å²) in [6.45, 7) is 4.36. The Balaban J connectivity index is 0.000000285. The number of aromatic nitrogens is 2. The first-order chi connectivity index (χ1) is 14.6. The van der Waals surface area contributed by atoms with E-state index in [1.807, 2.05) is 24.3 Å². The van der Waals surface area contributed by atoms with Gasteiger partial charge in [-0.25, -0.2) is 9.78 Å². The number of halogens is 3. The van der Waals surface area contributed by atoms with Crippen molar-refractivity contribution < 1.29 is 23.1 Å². The summed E-state index contributed by atoms with van der Waals surface area (Å²) in [6.07, 6.45) is -0.109. The third-order valence-electron chi connectivity index (χ3n) is 4.38. The molecule has 0 radical (unpaired) electrons. The average molecular weight is 431 g/mol. The SMILES string of the molecule is CC(C)CCc1ccc(-c2ccc(C(F)(F)F)cn2)cc1.Nc1ccc(C(=O)O)cn1. The highest BCUT2D eigenvalue weighted by Crippen LogP contribution is 2.29. The topological polar surface area (TPSA) is 89.1 Å². The molecule has 8 heteroatoms. The number of alkyl halides is 3. The summed E-state index contributed by atoms with van der Waals surface area (Å²) < 4.78 is 37.5. The lowest BCUT2D eigenvalue weighted by Gasteiger charge is -2.08. The maximum Gasteiger partial charge on any atom is 0.417 e. The second-order valence-electron chi connectivity index (χ2n) is 7.34. The molecule has 164 valence electrons. The molecule has 2 aromatic heterocycles. The lowest BCUT2D eigenvalue weighted by atomic mass is 10.0. The van der Waals surface area contributed by atoms with Crippen molar-refractivity contribution in [1.82, 2.24) is 9.97 Å². The Morgan fingerprint density at radius 3 is 2.13 bits per heavy atom. The van der Waals surface area contributed by atoms with Crippen molar-refractivity contribution in [3.8, 4) is 11.3 Å². The standard InChI is InChI=1S/C17H18F3N.C6H6N2O2/c1-12(2)3-4-13-5-7-14(8-6-13)16-10-9-15(11-21-16)17(18,19)20;7-5-2-1-4(3-8-5)6(9)10/h5-12H,3-4H2,1-2H3;1-3H,(H2,7,8)(H,9,10). The van der Waals surface area contributed by atoms with Gasteiger partial charge >= 0.3 is 12.1 Å². The summed E-state index contributed by atoms with van der Waals surface area (Å²) in [5.41, 5.74) is 7.27. The quantitative estimate of drug-likeness (QED) is 0.539. The molecule has 0 spiro atoms. The normalized spacial score (nSPS) is 11.0. The molecule has 0 saturated heterocycles. The Labute approximate surface area is 178 Å². The number of nitrogens with zero attached hydrogens (tertiary/aromatic N) is 2. The van der Waals surface area contributed by atoms with Gasteiger partial charge in [-0.3, -0.25) is 4.98 Å². The van der Waals surface area contributed by atoms with Gasteiger partial charge in [-0.15, -0.1) is 0 Å². The van der Waals surface area contributed by atoms with Crippen LogP contribution in [0.5, 0.6) is 0 Å². The van der Waals surface area contributed by atoms with Crippen molar-refractivity contribution in [3.05, 3.63) is 77.6 Å². The molecular formula is C23H24F3N3O2. The van der Waals surface area contributed by atoms with E-state index in [-0.39, 0.29) is 5.56 Å². The molecule has 3 aromatic rings. The molecule has 31 heavy (non-hydrogen) atoms. The minimum Gasteiger partial charge on any atom is -0.478 e. The number of carboxylic acids is 1. The van der Waals surface area contributed by atoms with E-state index in [1.165, 1.54) is 30.0 Å². The summed E-state index contributed by atoms with van der Waals surface area (Å²) in [5, 5.41) is 8.39. The highest BCUT2D eigenvalue weighted by atomic mass is 19.4. The monoisotopic (exact) mass is 431 g/mol. The van der Waals surface area contributed by atoms with Crippen molar-refractivity contribution in [2.75, 3.05) is 5.73 Å². The Hall–Kier alpha value is -3.42. The van der Waals surface area contributed by atoms with Crippen LogP contribution in [0.3, 0.4) is 0 Å². The predicted molar refractivity (Wildman–Crippen MR) is 113 cm³/mol. The summed E-state index contributed by atoms with van der Waals surface area (Å²) >= 11 is 0. The number of aromatic carboxylic acids is 1. The van der Waals surface area contributed by atoms with E-state index in [9.17, 15) is 18.0 Å². The first-order valence-corrected chi connectivity index (χ1v) is 9.63. The minimum atomic E-state index is -4.34. The molecule has 1 aromatic carbocycles. The van der Waals surface area contributed by atoms with Gasteiger partial charge in [0, 0.05) is 18.0 Å². The van der Waals surface area contributed by atoms with Gasteiger partial charge in [0.05, 0.1) is 16.8 Å². The van der Waals surface area contributed by atoms with Crippen LogP contribution in [-0.4, -0.2) is 21.0 Å². The van der Waals surface area contributed by atoms with Crippen LogP contribution in [-0.2, 0) is 12.6 Å². The molecule has 0 aliphatic carbocycles. The third-order valence-corrected chi connectivity index (χ3v) is 4.38. The molecule has 0 fully saturated rings. The number of pyridine rings is 2. The van der Waals surface area contributed by atoms with Gasteiger partial charge in [0.1, 0.15) is 5.82 Å². The Morgan fingerprint density at radius 2 is 1.68 bits per heavy atom. The Bertz CT molecular complexity index is 969. The second-order valence-corrected chi connectivity index (χ2v) is 7.34. The van der Waals surface area contributed by atoms with Crippen molar-refractivity contribution in [3.63, 3.8) is 0 Å². The zero-order chi connectivity index (χ0) is 23.0. The van der Waals surface area contributed by atoms with E-state index in [2.05, 4.69) is 23.8 Å². The number of hydrogen-bond acceptors (Lipinski definition) is 4. The fraction of sp³-hybridized carbons (Fsp3) is 0.261. The van der Waals surface area contributed by atoms with E-state index < -0.39 is 17.7 Å². The first-order valence-electron chi connectivity index (χ1n) is 9.63. The van der Waals surface area contributed by atoms with Gasteiger partial charge in [0.2, 0.25) is 0 Å². The van der Waals surface area contributed by atoms with E-state index in [4.69, 9.17) is 10.8 Å². The third kappa shape index (κ3) is 7.73. The van der Waals surface area contributed by atoms with Gasteiger partial charge in [-0.2, -0.15) is 13.2 Å². The fourth-order valence-corrected chi connectivity index (χ4v) is 2.56. The molecule has 3 rings (SSSR count). The molecule has 0 atom stereocenters. The molecule has 0 aliphatic rings. The van der Waals surface area contributed by atoms with Crippen LogP contribution in [0.2, 0.25) is 0 Å². The molecule has 0 unspecified atom stereocenters. The molecule has 3 N–H and O–H groups in total. The smallest absolute Gasteiger partial charge is 0.417 e. The maximum atomic E-state index is 12.5. The summed E-state index contributed by atoms with van der Waals surface area (Å²) in [6, 6.07) is 13.2. The van der Waals surface area contributed by atoms with Crippen molar-refractivity contribution >= 4 is 11.8 Å². The zero-order valence-electron chi connectivity index (χ0n) is 17.2. The maximum absolute atomic E-state index is 12.5. The minimum absolute atomic E-state index is 0.147. The molecule has 0 bridgehead atoms. The van der Waals surface area contributed by atoms with E-state index in [0.717, 1.165) is 30.7 Å². The lowest BCUT2D eigenvalue weighted by molar-refractivity contribution is -0.137. The zero-order valence-corrected chi connectivity index (χ0v) is 17.2. The van der Waals surface area contributed by atoms with E-state index in [1.54, 1.807) is 0 Å². The Kier molecular flexibility index (Phi) is 8.13. The van der Waals surface area contributed by atoms with Crippen LogP contribution in [0, 0.1) is 5.92 Å². The van der Waals surface area contributed by atoms with E-state index in [0.29, 0.717) is 17.4 Å². The molecule has 5 nitrogen and oxygen atoms in total. The van der Waals surface area contributed by atoms with E-state index >= 15 is 0 Å². The first kappa shape index (κ1) is 23.9. The molecule has 0 aliphatic heterocycles. The second kappa shape index (κ2) is 10.6. The summed E-state index contributed by atoms with van der Waals surface area (Å²) in [5.74, 6) is -0.0150. The fourth-order valence-electron chi connectivity index (χ4n) is 2.56. The van der Waals surface area contributed by atoms with Gasteiger partial charge < -0.3 is 10.8 Å². The number of nitrogen functional groups attached to an aromatic ring is 1. The largest absolute Gasteiger partial charge is 0.478 e. The number of rotatable bonds is 5. The van der Waals surface area contributed by atoms with Gasteiger partial charge in [0.25, 0.3) is 0 Å². The lowest BCUT2D eigenvalue weighted by Crippen LogP contribution is -2.05. The molecule has 0 saturated carbocycles. The number of benzene rings is 1. The van der Waals surface area contributed by atoms with Crippen LogP contribution in [0.1, 0.15) is 41.8 Å². The number of hydrogen-bond donors (Lipinski definition) is 2. The summed E-state index contributed by atoms with van der Waals surface area (Å²) in [7, 11) is 0. The van der Waals surface area contributed by atoms with Gasteiger partial charge in [0.15, 0.2) is 0 Å². The van der Waals surface area contributed by atoms with Crippen LogP contribution < -0.4 is 5.73 Å². The van der Waals surface area contributed by atoms with Crippen molar-refractivity contribution in [2.45, 2.75) is 32.9 Å².